The molecule has 1 saturated heterocycles. The van der Waals surface area contributed by atoms with E-state index < -0.39 is 0 Å². The van der Waals surface area contributed by atoms with Crippen LogP contribution in [0.15, 0.2) is 42.5 Å². The van der Waals surface area contributed by atoms with Gasteiger partial charge in [-0.25, -0.2) is 4.98 Å². The number of fused-ring (bicyclic) bond motifs is 1. The molecule has 1 aliphatic heterocycles. The summed E-state index contributed by atoms with van der Waals surface area (Å²) in [5, 5.41) is 0.584. The van der Waals surface area contributed by atoms with Crippen molar-refractivity contribution in [3.8, 4) is 5.75 Å². The van der Waals surface area contributed by atoms with Gasteiger partial charge in [-0.2, -0.15) is 0 Å². The molecule has 29 heavy (non-hydrogen) atoms. The molecule has 152 valence electrons. The fourth-order valence-corrected chi connectivity index (χ4v) is 4.18. The van der Waals surface area contributed by atoms with E-state index in [0.29, 0.717) is 29.7 Å². The highest BCUT2D eigenvalue weighted by Gasteiger charge is 2.36. The highest BCUT2D eigenvalue weighted by atomic mass is 35.5. The number of imidazole rings is 1. The van der Waals surface area contributed by atoms with Gasteiger partial charge in [0.25, 0.3) is 0 Å². The number of amides is 1. The van der Waals surface area contributed by atoms with Gasteiger partial charge in [-0.3, -0.25) is 4.79 Å². The first kappa shape index (κ1) is 19.8. The minimum absolute atomic E-state index is 0.0331. The molecule has 1 aromatic heterocycles. The minimum Gasteiger partial charge on any atom is -0.495 e. The van der Waals surface area contributed by atoms with Crippen molar-refractivity contribution in [2.24, 2.45) is 5.92 Å². The molecule has 6 heteroatoms. The van der Waals surface area contributed by atoms with Crippen LogP contribution < -0.4 is 9.64 Å². The van der Waals surface area contributed by atoms with Crippen LogP contribution in [0, 0.1) is 5.92 Å². The summed E-state index contributed by atoms with van der Waals surface area (Å²) in [6.07, 6.45) is 1.50. The van der Waals surface area contributed by atoms with E-state index in [1.54, 1.807) is 30.2 Å². The number of ether oxygens (including phenoxy) is 1. The van der Waals surface area contributed by atoms with Crippen LogP contribution in [0.25, 0.3) is 11.0 Å². The first-order valence-electron chi connectivity index (χ1n) is 10.1. The molecule has 1 aliphatic rings. The normalized spacial score (nSPS) is 16.9. The third kappa shape index (κ3) is 3.84. The van der Waals surface area contributed by atoms with Crippen molar-refractivity contribution in [2.45, 2.75) is 39.2 Å². The lowest BCUT2D eigenvalue weighted by molar-refractivity contribution is -0.117. The molecule has 1 atom stereocenters. The quantitative estimate of drug-likeness (QED) is 0.555. The van der Waals surface area contributed by atoms with Gasteiger partial charge in [0.2, 0.25) is 5.91 Å². The van der Waals surface area contributed by atoms with E-state index in [9.17, 15) is 4.79 Å². The number of methoxy groups -OCH3 is 1. The third-order valence-electron chi connectivity index (χ3n) is 5.54. The molecule has 4 rings (SSSR count). The summed E-state index contributed by atoms with van der Waals surface area (Å²) in [5.74, 6) is 2.34. The summed E-state index contributed by atoms with van der Waals surface area (Å²) in [5.41, 5.74) is 2.84. The van der Waals surface area contributed by atoms with Gasteiger partial charge in [-0.1, -0.05) is 37.6 Å². The molecule has 0 radical (unpaired) electrons. The van der Waals surface area contributed by atoms with Crippen molar-refractivity contribution in [1.29, 1.82) is 0 Å². The highest BCUT2D eigenvalue weighted by molar-refractivity contribution is 6.31. The van der Waals surface area contributed by atoms with E-state index in [1.807, 2.05) is 18.2 Å². The molecular weight excluding hydrogens is 386 g/mol. The number of carbonyl (C=O) groups excluding carboxylic acids is 1. The topological polar surface area (TPSA) is 47.4 Å². The van der Waals surface area contributed by atoms with Crippen LogP contribution in [-0.2, 0) is 11.3 Å². The molecular formula is C23H26ClN3O2. The first-order valence-corrected chi connectivity index (χ1v) is 10.4. The Hall–Kier alpha value is -2.53. The molecule has 0 saturated carbocycles. The molecule has 3 aromatic rings. The van der Waals surface area contributed by atoms with Gasteiger partial charge in [-0.15, -0.1) is 0 Å². The lowest BCUT2D eigenvalue weighted by Crippen LogP contribution is -2.25. The van der Waals surface area contributed by atoms with Crippen molar-refractivity contribution in [3.05, 3.63) is 53.3 Å². The largest absolute Gasteiger partial charge is 0.495 e. The van der Waals surface area contributed by atoms with Crippen LogP contribution in [0.1, 0.15) is 38.4 Å². The fourth-order valence-electron chi connectivity index (χ4n) is 4.02. The van der Waals surface area contributed by atoms with Gasteiger partial charge in [0.15, 0.2) is 0 Å². The van der Waals surface area contributed by atoms with Crippen LogP contribution >= 0.6 is 11.6 Å². The number of hydrogen-bond acceptors (Lipinski definition) is 3. The fraction of sp³-hybridized carbons (Fsp3) is 0.391. The average Bonchev–Trinajstić information content (AvgIpc) is 3.26. The predicted octanol–water partition coefficient (Wildman–Crippen LogP) is 5.26. The van der Waals surface area contributed by atoms with Gasteiger partial charge in [0.05, 0.1) is 23.8 Å². The summed E-state index contributed by atoms with van der Waals surface area (Å²) in [6, 6.07) is 13.6. The van der Waals surface area contributed by atoms with Gasteiger partial charge >= 0.3 is 0 Å². The zero-order valence-corrected chi connectivity index (χ0v) is 17.8. The number of carbonyl (C=O) groups is 1. The Labute approximate surface area is 176 Å². The second kappa shape index (κ2) is 8.07. The molecule has 5 nitrogen and oxygen atoms in total. The summed E-state index contributed by atoms with van der Waals surface area (Å²) in [4.78, 5) is 19.6. The molecule has 2 heterocycles. The SMILES string of the molecule is COc1ccc(Cl)cc1N1CC(c2nc3ccccc3n2CCC(C)C)CC1=O. The van der Waals surface area contributed by atoms with Crippen LogP contribution in [0.2, 0.25) is 5.02 Å². The lowest BCUT2D eigenvalue weighted by Gasteiger charge is -2.20. The smallest absolute Gasteiger partial charge is 0.227 e. The Balaban J connectivity index is 1.70. The van der Waals surface area contributed by atoms with E-state index in [1.165, 1.54) is 0 Å². The number of nitrogens with zero attached hydrogens (tertiary/aromatic N) is 3. The number of aromatic nitrogens is 2. The second-order valence-corrected chi connectivity index (χ2v) is 8.45. The number of para-hydroxylation sites is 2. The van der Waals surface area contributed by atoms with Crippen LogP contribution in [0.5, 0.6) is 5.75 Å². The minimum atomic E-state index is 0.0331. The molecule has 0 N–H and O–H groups in total. The van der Waals surface area contributed by atoms with Crippen molar-refractivity contribution in [2.75, 3.05) is 18.6 Å². The Morgan fingerprint density at radius 2 is 2.03 bits per heavy atom. The van der Waals surface area contributed by atoms with Gasteiger partial charge in [0, 0.05) is 30.5 Å². The number of halogens is 1. The monoisotopic (exact) mass is 411 g/mol. The molecule has 0 bridgehead atoms. The van der Waals surface area contributed by atoms with Crippen LogP contribution in [-0.4, -0.2) is 29.1 Å². The van der Waals surface area contributed by atoms with Crippen molar-refractivity contribution >= 4 is 34.2 Å². The molecule has 0 aliphatic carbocycles. The Kier molecular flexibility index (Phi) is 5.50. The zero-order valence-electron chi connectivity index (χ0n) is 17.1. The third-order valence-corrected chi connectivity index (χ3v) is 5.77. The standard InChI is InChI=1S/C23H26ClN3O2/c1-15(2)10-11-26-19-7-5-4-6-18(19)25-23(26)16-12-22(28)27(14-16)20-13-17(24)8-9-21(20)29-3/h4-9,13,15-16H,10-12,14H2,1-3H3. The van der Waals surface area contributed by atoms with Crippen molar-refractivity contribution in [3.63, 3.8) is 0 Å². The van der Waals surface area contributed by atoms with Crippen molar-refractivity contribution in [1.82, 2.24) is 9.55 Å². The average molecular weight is 412 g/mol. The summed E-state index contributed by atoms with van der Waals surface area (Å²) >= 11 is 6.19. The number of benzene rings is 2. The Morgan fingerprint density at radius 3 is 2.79 bits per heavy atom. The molecule has 1 fully saturated rings. The highest BCUT2D eigenvalue weighted by Crippen LogP contribution is 2.38. The maximum Gasteiger partial charge on any atom is 0.227 e. The van der Waals surface area contributed by atoms with E-state index >= 15 is 0 Å². The molecule has 1 amide bonds. The number of aryl methyl sites for hydroxylation is 1. The maximum atomic E-state index is 12.9. The van der Waals surface area contributed by atoms with Gasteiger partial charge in [0.1, 0.15) is 11.6 Å². The first-order chi connectivity index (χ1) is 14.0. The van der Waals surface area contributed by atoms with E-state index in [0.717, 1.165) is 35.5 Å². The zero-order chi connectivity index (χ0) is 20.5. The maximum absolute atomic E-state index is 12.9. The van der Waals surface area contributed by atoms with Crippen LogP contribution in [0.4, 0.5) is 5.69 Å². The van der Waals surface area contributed by atoms with Crippen molar-refractivity contribution < 1.29 is 9.53 Å². The summed E-state index contributed by atoms with van der Waals surface area (Å²) in [6.45, 7) is 5.93. The Morgan fingerprint density at radius 1 is 1.24 bits per heavy atom. The summed E-state index contributed by atoms with van der Waals surface area (Å²) < 4.78 is 7.76. The summed E-state index contributed by atoms with van der Waals surface area (Å²) in [7, 11) is 1.61. The lowest BCUT2D eigenvalue weighted by atomic mass is 10.1. The molecule has 1 unspecified atom stereocenters. The number of hydrogen-bond donors (Lipinski definition) is 0. The number of rotatable bonds is 6. The van der Waals surface area contributed by atoms with E-state index in [4.69, 9.17) is 21.3 Å². The van der Waals surface area contributed by atoms with Gasteiger partial charge in [-0.05, 0) is 42.7 Å². The van der Waals surface area contributed by atoms with E-state index in [-0.39, 0.29) is 11.8 Å². The number of anilines is 1. The predicted molar refractivity (Wildman–Crippen MR) is 117 cm³/mol. The van der Waals surface area contributed by atoms with Gasteiger partial charge < -0.3 is 14.2 Å². The van der Waals surface area contributed by atoms with Crippen LogP contribution in [0.3, 0.4) is 0 Å². The molecule has 2 aromatic carbocycles. The second-order valence-electron chi connectivity index (χ2n) is 8.01. The Bertz CT molecular complexity index is 1040. The molecule has 0 spiro atoms. The van der Waals surface area contributed by atoms with E-state index in [2.05, 4.69) is 24.5 Å².